The number of halogens is 2. The largest absolute Gasteiger partial charge is 0.497 e. The third kappa shape index (κ3) is 2.76. The average molecular weight is 279 g/mol. The summed E-state index contributed by atoms with van der Waals surface area (Å²) in [5, 5.41) is 0.264. The summed E-state index contributed by atoms with van der Waals surface area (Å²) in [6, 6.07) is 9.06. The number of hydrogen-bond donors (Lipinski definition) is 0. The summed E-state index contributed by atoms with van der Waals surface area (Å²) in [6.07, 6.45) is 0. The molecule has 0 heterocycles. The minimum absolute atomic E-state index is 0.0117. The number of ether oxygens (including phenoxy) is 1. The van der Waals surface area contributed by atoms with E-state index in [1.165, 1.54) is 12.1 Å². The number of carbonyl (C=O) groups is 1. The first-order valence-electron chi connectivity index (χ1n) is 5.67. The predicted octanol–water partition coefficient (Wildman–Crippen LogP) is 4.03. The van der Waals surface area contributed by atoms with E-state index < -0.39 is 5.82 Å². The molecule has 0 unspecified atom stereocenters. The highest BCUT2D eigenvalue weighted by atomic mass is 35.5. The molecule has 2 rings (SSSR count). The van der Waals surface area contributed by atoms with Crippen molar-refractivity contribution in [2.24, 2.45) is 0 Å². The van der Waals surface area contributed by atoms with Crippen LogP contribution >= 0.6 is 11.6 Å². The summed E-state index contributed by atoms with van der Waals surface area (Å²) >= 11 is 5.67. The summed E-state index contributed by atoms with van der Waals surface area (Å²) < 4.78 is 18.8. The lowest BCUT2D eigenvalue weighted by Crippen LogP contribution is -2.06. The standard InChI is InChI=1S/C15H12ClFO2/c1-9-7-11(19-2)4-6-12(9)15(18)13-5-3-10(16)8-14(13)17/h3-8H,1-2H3. The summed E-state index contributed by atoms with van der Waals surface area (Å²) in [5.41, 5.74) is 1.19. The van der Waals surface area contributed by atoms with Crippen LogP contribution < -0.4 is 4.74 Å². The van der Waals surface area contributed by atoms with Gasteiger partial charge in [-0.05, 0) is 48.9 Å². The van der Waals surface area contributed by atoms with Crippen LogP contribution in [0.4, 0.5) is 4.39 Å². The lowest BCUT2D eigenvalue weighted by atomic mass is 9.98. The summed E-state index contributed by atoms with van der Waals surface area (Å²) in [4.78, 5) is 12.3. The highest BCUT2D eigenvalue weighted by Crippen LogP contribution is 2.22. The molecular formula is C15H12ClFO2. The van der Waals surface area contributed by atoms with E-state index in [0.717, 1.165) is 11.6 Å². The molecule has 0 aliphatic carbocycles. The van der Waals surface area contributed by atoms with Gasteiger partial charge in [0.25, 0.3) is 0 Å². The quantitative estimate of drug-likeness (QED) is 0.793. The molecule has 4 heteroatoms. The van der Waals surface area contributed by atoms with Crippen molar-refractivity contribution in [3.05, 3.63) is 63.9 Å². The van der Waals surface area contributed by atoms with Gasteiger partial charge in [-0.25, -0.2) is 4.39 Å². The van der Waals surface area contributed by atoms with E-state index in [1.807, 2.05) is 0 Å². The molecule has 0 bridgehead atoms. The van der Waals surface area contributed by atoms with E-state index in [2.05, 4.69) is 0 Å². The molecule has 0 N–H and O–H groups in total. The molecule has 2 aromatic rings. The number of hydrogen-bond acceptors (Lipinski definition) is 2. The van der Waals surface area contributed by atoms with Crippen LogP contribution in [0, 0.1) is 12.7 Å². The van der Waals surface area contributed by atoms with Crippen molar-refractivity contribution < 1.29 is 13.9 Å². The second-order valence-corrected chi connectivity index (χ2v) is 4.57. The molecule has 0 radical (unpaired) electrons. The van der Waals surface area contributed by atoms with Gasteiger partial charge in [0.2, 0.25) is 0 Å². The minimum Gasteiger partial charge on any atom is -0.497 e. The molecular weight excluding hydrogens is 267 g/mol. The van der Waals surface area contributed by atoms with Crippen LogP contribution in [0.2, 0.25) is 5.02 Å². The van der Waals surface area contributed by atoms with Crippen LogP contribution in [0.1, 0.15) is 21.5 Å². The van der Waals surface area contributed by atoms with Crippen molar-refractivity contribution in [3.63, 3.8) is 0 Å². The van der Waals surface area contributed by atoms with Crippen molar-refractivity contribution in [1.29, 1.82) is 0 Å². The lowest BCUT2D eigenvalue weighted by molar-refractivity contribution is 0.103. The number of methoxy groups -OCH3 is 1. The molecule has 0 aliphatic heterocycles. The smallest absolute Gasteiger partial charge is 0.196 e. The van der Waals surface area contributed by atoms with E-state index in [1.54, 1.807) is 32.2 Å². The maximum atomic E-state index is 13.7. The maximum absolute atomic E-state index is 13.7. The Morgan fingerprint density at radius 3 is 2.42 bits per heavy atom. The zero-order valence-electron chi connectivity index (χ0n) is 10.5. The zero-order valence-corrected chi connectivity index (χ0v) is 11.3. The predicted molar refractivity (Wildman–Crippen MR) is 72.6 cm³/mol. The fourth-order valence-electron chi connectivity index (χ4n) is 1.84. The molecule has 0 atom stereocenters. The van der Waals surface area contributed by atoms with Gasteiger partial charge in [-0.2, -0.15) is 0 Å². The molecule has 2 nitrogen and oxygen atoms in total. The third-order valence-corrected chi connectivity index (χ3v) is 3.09. The topological polar surface area (TPSA) is 26.3 Å². The molecule has 19 heavy (non-hydrogen) atoms. The number of aryl methyl sites for hydroxylation is 1. The van der Waals surface area contributed by atoms with Gasteiger partial charge >= 0.3 is 0 Å². The van der Waals surface area contributed by atoms with Crippen LogP contribution in [0.15, 0.2) is 36.4 Å². The molecule has 0 amide bonds. The Balaban J connectivity index is 2.44. The van der Waals surface area contributed by atoms with Crippen molar-refractivity contribution in [2.45, 2.75) is 6.92 Å². The van der Waals surface area contributed by atoms with Crippen LogP contribution in [-0.2, 0) is 0 Å². The molecule has 0 aliphatic rings. The van der Waals surface area contributed by atoms with Gasteiger partial charge in [0.1, 0.15) is 11.6 Å². The van der Waals surface area contributed by atoms with E-state index >= 15 is 0 Å². The van der Waals surface area contributed by atoms with E-state index in [4.69, 9.17) is 16.3 Å². The average Bonchev–Trinajstić information content (AvgIpc) is 2.37. The van der Waals surface area contributed by atoms with Gasteiger partial charge in [-0.15, -0.1) is 0 Å². The second kappa shape index (κ2) is 5.41. The van der Waals surface area contributed by atoms with Gasteiger partial charge < -0.3 is 4.74 Å². The Morgan fingerprint density at radius 1 is 1.16 bits per heavy atom. The van der Waals surface area contributed by atoms with Crippen molar-refractivity contribution in [3.8, 4) is 5.75 Å². The van der Waals surface area contributed by atoms with E-state index in [9.17, 15) is 9.18 Å². The zero-order chi connectivity index (χ0) is 14.0. The van der Waals surface area contributed by atoms with Crippen molar-refractivity contribution in [1.82, 2.24) is 0 Å². The van der Waals surface area contributed by atoms with Gasteiger partial charge in [0.05, 0.1) is 12.7 Å². The maximum Gasteiger partial charge on any atom is 0.196 e. The number of rotatable bonds is 3. The molecule has 98 valence electrons. The Hall–Kier alpha value is -1.87. The van der Waals surface area contributed by atoms with E-state index in [0.29, 0.717) is 11.3 Å². The first-order chi connectivity index (χ1) is 9.02. The minimum atomic E-state index is -0.618. The lowest BCUT2D eigenvalue weighted by Gasteiger charge is -2.08. The van der Waals surface area contributed by atoms with Crippen LogP contribution in [0.25, 0.3) is 0 Å². The summed E-state index contributed by atoms with van der Waals surface area (Å²) in [7, 11) is 1.55. The van der Waals surface area contributed by atoms with Gasteiger partial charge in [-0.3, -0.25) is 4.79 Å². The second-order valence-electron chi connectivity index (χ2n) is 4.13. The molecule has 0 spiro atoms. The van der Waals surface area contributed by atoms with E-state index in [-0.39, 0.29) is 16.4 Å². The van der Waals surface area contributed by atoms with Crippen molar-refractivity contribution in [2.75, 3.05) is 7.11 Å². The van der Waals surface area contributed by atoms with Crippen LogP contribution in [-0.4, -0.2) is 12.9 Å². The van der Waals surface area contributed by atoms with Gasteiger partial charge in [-0.1, -0.05) is 11.6 Å². The number of ketones is 1. The monoisotopic (exact) mass is 278 g/mol. The first kappa shape index (κ1) is 13.6. The molecule has 0 fully saturated rings. The number of carbonyl (C=O) groups excluding carboxylic acids is 1. The Bertz CT molecular complexity index is 638. The first-order valence-corrected chi connectivity index (χ1v) is 6.05. The summed E-state index contributed by atoms with van der Waals surface area (Å²) in [6.45, 7) is 1.78. The molecule has 0 saturated carbocycles. The summed E-state index contributed by atoms with van der Waals surface area (Å²) in [5.74, 6) is -0.326. The van der Waals surface area contributed by atoms with Gasteiger partial charge in [0.15, 0.2) is 5.78 Å². The Kier molecular flexibility index (Phi) is 3.86. The molecule has 2 aromatic carbocycles. The van der Waals surface area contributed by atoms with Crippen molar-refractivity contribution >= 4 is 17.4 Å². The Morgan fingerprint density at radius 2 is 1.84 bits per heavy atom. The fraction of sp³-hybridized carbons (Fsp3) is 0.133. The normalized spacial score (nSPS) is 10.3. The van der Waals surface area contributed by atoms with Crippen LogP contribution in [0.5, 0.6) is 5.75 Å². The highest BCUT2D eigenvalue weighted by Gasteiger charge is 2.16. The Labute approximate surface area is 115 Å². The fourth-order valence-corrected chi connectivity index (χ4v) is 2.00. The highest BCUT2D eigenvalue weighted by molar-refractivity contribution is 6.30. The SMILES string of the molecule is COc1ccc(C(=O)c2ccc(Cl)cc2F)c(C)c1. The van der Waals surface area contributed by atoms with Crippen LogP contribution in [0.3, 0.4) is 0 Å². The third-order valence-electron chi connectivity index (χ3n) is 2.85. The van der Waals surface area contributed by atoms with Gasteiger partial charge in [0, 0.05) is 10.6 Å². The number of benzene rings is 2. The molecule has 0 saturated heterocycles. The molecule has 0 aromatic heterocycles.